The van der Waals surface area contributed by atoms with Crippen LogP contribution >= 0.6 is 0 Å². The Kier molecular flexibility index (Phi) is 31.7. The molecule has 0 fully saturated rings. The quantitative estimate of drug-likeness (QED) is 0.0646. The fourth-order valence-electron chi connectivity index (χ4n) is 7.25. The monoisotopic (exact) mass is 617 g/mol. The van der Waals surface area contributed by atoms with Crippen molar-refractivity contribution in [3.05, 3.63) is 12.4 Å². The minimum atomic E-state index is 0.640. The van der Waals surface area contributed by atoms with E-state index in [1.807, 2.05) is 0 Å². The Hall–Kier alpha value is -0.660. The van der Waals surface area contributed by atoms with E-state index in [4.69, 9.17) is 0 Å². The molecule has 262 valence electrons. The van der Waals surface area contributed by atoms with Crippen LogP contribution in [0.5, 0.6) is 0 Å². The van der Waals surface area contributed by atoms with Gasteiger partial charge in [-0.05, 0) is 25.7 Å². The Morgan fingerprint density at radius 2 is 0.523 bits per heavy atom. The van der Waals surface area contributed by atoms with Gasteiger partial charge in [0.05, 0.1) is 0 Å². The SMILES string of the molecule is CCCCCCCCCCCCCCCCCCCN1C=CN(CCCCCCCC)C1CCCCCCCCCCCC. The van der Waals surface area contributed by atoms with Crippen LogP contribution in [0.4, 0.5) is 0 Å². The van der Waals surface area contributed by atoms with Crippen molar-refractivity contribution < 1.29 is 0 Å². The smallest absolute Gasteiger partial charge is 0.101 e. The lowest BCUT2D eigenvalue weighted by atomic mass is 10.0. The molecule has 1 atom stereocenters. The van der Waals surface area contributed by atoms with Crippen LogP contribution in [0.15, 0.2) is 12.4 Å². The van der Waals surface area contributed by atoms with Gasteiger partial charge in [0.25, 0.3) is 0 Å². The van der Waals surface area contributed by atoms with Crippen LogP contribution in [0.2, 0.25) is 0 Å². The van der Waals surface area contributed by atoms with Crippen molar-refractivity contribution in [1.29, 1.82) is 0 Å². The molecule has 0 aromatic carbocycles. The van der Waals surface area contributed by atoms with Crippen molar-refractivity contribution in [2.45, 2.75) is 245 Å². The lowest BCUT2D eigenvalue weighted by Gasteiger charge is -2.33. The molecule has 0 aromatic heterocycles. The Labute approximate surface area is 280 Å². The molecule has 2 nitrogen and oxygen atoms in total. The molecule has 44 heavy (non-hydrogen) atoms. The molecule has 0 N–H and O–H groups in total. The molecule has 0 saturated heterocycles. The van der Waals surface area contributed by atoms with Crippen LogP contribution in [0, 0.1) is 0 Å². The minimum absolute atomic E-state index is 0.640. The van der Waals surface area contributed by atoms with Gasteiger partial charge < -0.3 is 9.80 Å². The molecule has 2 heteroatoms. The molecule has 0 spiro atoms. The molecule has 0 aliphatic carbocycles. The van der Waals surface area contributed by atoms with Gasteiger partial charge in [-0.1, -0.05) is 213 Å². The van der Waals surface area contributed by atoms with Crippen molar-refractivity contribution in [2.75, 3.05) is 13.1 Å². The van der Waals surface area contributed by atoms with Gasteiger partial charge in [-0.15, -0.1) is 0 Å². The van der Waals surface area contributed by atoms with Crippen LogP contribution in [-0.2, 0) is 0 Å². The summed E-state index contributed by atoms with van der Waals surface area (Å²) in [5, 5.41) is 0. The number of rotatable bonds is 36. The van der Waals surface area contributed by atoms with E-state index in [-0.39, 0.29) is 0 Å². The van der Waals surface area contributed by atoms with Crippen molar-refractivity contribution in [3.8, 4) is 0 Å². The number of hydrogen-bond acceptors (Lipinski definition) is 2. The van der Waals surface area contributed by atoms with Crippen LogP contribution < -0.4 is 0 Å². The van der Waals surface area contributed by atoms with E-state index < -0.39 is 0 Å². The van der Waals surface area contributed by atoms with E-state index in [9.17, 15) is 0 Å². The highest BCUT2D eigenvalue weighted by Crippen LogP contribution is 2.24. The summed E-state index contributed by atoms with van der Waals surface area (Å²) < 4.78 is 0. The summed E-state index contributed by atoms with van der Waals surface area (Å²) in [6.45, 7) is 9.48. The zero-order chi connectivity index (χ0) is 31.6. The van der Waals surface area contributed by atoms with E-state index in [1.165, 1.54) is 231 Å². The van der Waals surface area contributed by atoms with Crippen LogP contribution in [0.25, 0.3) is 0 Å². The largest absolute Gasteiger partial charge is 0.356 e. The van der Waals surface area contributed by atoms with Gasteiger partial charge in [-0.3, -0.25) is 0 Å². The first-order valence-electron chi connectivity index (χ1n) is 21.0. The fourth-order valence-corrected chi connectivity index (χ4v) is 7.25. The highest BCUT2D eigenvalue weighted by Gasteiger charge is 2.24. The number of nitrogens with zero attached hydrogens (tertiary/aromatic N) is 2. The van der Waals surface area contributed by atoms with E-state index in [2.05, 4.69) is 43.0 Å². The minimum Gasteiger partial charge on any atom is -0.356 e. The van der Waals surface area contributed by atoms with Gasteiger partial charge >= 0.3 is 0 Å². The summed E-state index contributed by atoms with van der Waals surface area (Å²) in [5.74, 6) is 0. The maximum atomic E-state index is 2.72. The zero-order valence-corrected chi connectivity index (χ0v) is 31.1. The number of unbranched alkanes of at least 4 members (excludes halogenated alkanes) is 30. The molecule has 0 amide bonds. The molecule has 0 aromatic rings. The molecule has 1 heterocycles. The fraction of sp³-hybridized carbons (Fsp3) is 0.952. The molecule has 0 radical (unpaired) electrons. The Morgan fingerprint density at radius 3 is 0.795 bits per heavy atom. The molecule has 0 saturated carbocycles. The van der Waals surface area contributed by atoms with E-state index in [1.54, 1.807) is 0 Å². The van der Waals surface area contributed by atoms with Gasteiger partial charge in [0.2, 0.25) is 0 Å². The van der Waals surface area contributed by atoms with Crippen molar-refractivity contribution in [1.82, 2.24) is 9.80 Å². The van der Waals surface area contributed by atoms with Gasteiger partial charge in [0, 0.05) is 25.5 Å². The average molecular weight is 617 g/mol. The zero-order valence-electron chi connectivity index (χ0n) is 31.1. The third-order valence-corrected chi connectivity index (χ3v) is 10.3. The molecule has 1 unspecified atom stereocenters. The lowest BCUT2D eigenvalue weighted by molar-refractivity contribution is 0.135. The second-order valence-electron chi connectivity index (χ2n) is 14.6. The maximum absolute atomic E-state index is 2.72. The molecule has 1 aliphatic rings. The summed E-state index contributed by atoms with van der Waals surface area (Å²) in [5.41, 5.74) is 0. The highest BCUT2D eigenvalue weighted by atomic mass is 15.4. The van der Waals surface area contributed by atoms with Crippen molar-refractivity contribution in [3.63, 3.8) is 0 Å². The first-order valence-corrected chi connectivity index (χ1v) is 21.0. The molecule has 1 rings (SSSR count). The number of hydrogen-bond donors (Lipinski definition) is 0. The lowest BCUT2D eigenvalue weighted by Crippen LogP contribution is -2.39. The summed E-state index contributed by atoms with van der Waals surface area (Å²) in [6, 6.07) is 0. The third kappa shape index (κ3) is 25.5. The van der Waals surface area contributed by atoms with Crippen LogP contribution in [-0.4, -0.2) is 29.1 Å². The molecule has 0 bridgehead atoms. The first-order chi connectivity index (χ1) is 21.8. The van der Waals surface area contributed by atoms with E-state index in [0.29, 0.717) is 6.17 Å². The van der Waals surface area contributed by atoms with Gasteiger partial charge in [0.1, 0.15) is 6.17 Å². The Balaban J connectivity index is 2.12. The maximum Gasteiger partial charge on any atom is 0.101 e. The Morgan fingerprint density at radius 1 is 0.295 bits per heavy atom. The van der Waals surface area contributed by atoms with Gasteiger partial charge in [0.15, 0.2) is 0 Å². The second kappa shape index (κ2) is 33.7. The van der Waals surface area contributed by atoms with Crippen molar-refractivity contribution >= 4 is 0 Å². The first kappa shape index (κ1) is 41.4. The average Bonchev–Trinajstić information content (AvgIpc) is 3.42. The summed E-state index contributed by atoms with van der Waals surface area (Å²) in [7, 11) is 0. The van der Waals surface area contributed by atoms with Crippen LogP contribution in [0.3, 0.4) is 0 Å². The molecule has 1 aliphatic heterocycles. The standard InChI is InChI=1S/C42H84N2/c1-4-7-10-13-16-18-20-21-22-23-24-25-26-28-30-33-36-39-44-41-40-43(38-35-32-15-12-9-6-3)42(44)37-34-31-29-27-19-17-14-11-8-5-2/h40-42H,4-39H2,1-3H3. The van der Waals surface area contributed by atoms with Crippen molar-refractivity contribution in [2.24, 2.45) is 0 Å². The van der Waals surface area contributed by atoms with Gasteiger partial charge in [-0.25, -0.2) is 0 Å². The van der Waals surface area contributed by atoms with E-state index >= 15 is 0 Å². The predicted octanol–water partition coefficient (Wildman–Crippen LogP) is 14.7. The van der Waals surface area contributed by atoms with E-state index in [0.717, 1.165) is 0 Å². The predicted molar refractivity (Wildman–Crippen MR) is 200 cm³/mol. The summed E-state index contributed by atoms with van der Waals surface area (Å²) in [6.07, 6.45) is 54.4. The summed E-state index contributed by atoms with van der Waals surface area (Å²) in [4.78, 5) is 5.43. The Bertz CT molecular complexity index is 572. The molecular weight excluding hydrogens is 532 g/mol. The topological polar surface area (TPSA) is 6.48 Å². The van der Waals surface area contributed by atoms with Crippen LogP contribution in [0.1, 0.15) is 239 Å². The molecular formula is C42H84N2. The third-order valence-electron chi connectivity index (χ3n) is 10.3. The normalized spacial score (nSPS) is 14.8. The summed E-state index contributed by atoms with van der Waals surface area (Å²) >= 11 is 0. The highest BCUT2D eigenvalue weighted by molar-refractivity contribution is 4.97. The van der Waals surface area contributed by atoms with Gasteiger partial charge in [-0.2, -0.15) is 0 Å². The second-order valence-corrected chi connectivity index (χ2v) is 14.6.